The average Bonchev–Trinajstić information content (AvgIpc) is 3.39. The van der Waals surface area contributed by atoms with Gasteiger partial charge < -0.3 is 15.1 Å². The molecule has 0 amide bonds. The summed E-state index contributed by atoms with van der Waals surface area (Å²) < 4.78 is 10.9. The first-order chi connectivity index (χ1) is 14.6. The Morgan fingerprint density at radius 2 is 2.00 bits per heavy atom. The van der Waals surface area contributed by atoms with Gasteiger partial charge in [0, 0.05) is 25.0 Å². The lowest BCUT2D eigenvalue weighted by Crippen LogP contribution is -2.52. The fourth-order valence-corrected chi connectivity index (χ4v) is 4.38. The highest BCUT2D eigenvalue weighted by atomic mass is 16.5. The number of morpholine rings is 1. The number of nitrogens with zero attached hydrogens (tertiary/aromatic N) is 8. The third-order valence-corrected chi connectivity index (χ3v) is 5.95. The van der Waals surface area contributed by atoms with Gasteiger partial charge in [-0.25, -0.2) is 19.3 Å². The lowest BCUT2D eigenvalue weighted by atomic mass is 10.2. The fourth-order valence-electron chi connectivity index (χ4n) is 4.38. The van der Waals surface area contributed by atoms with E-state index in [4.69, 9.17) is 9.72 Å². The van der Waals surface area contributed by atoms with Crippen LogP contribution in [0.4, 0.5) is 11.6 Å². The Hall–Kier alpha value is -3.47. The molecule has 154 valence electrons. The summed E-state index contributed by atoms with van der Waals surface area (Å²) in [6, 6.07) is 1.90. The number of imidazole rings is 1. The molecule has 2 saturated heterocycles. The largest absolute Gasteiger partial charge is 0.371 e. The van der Waals surface area contributed by atoms with Crippen molar-refractivity contribution in [2.45, 2.75) is 32.0 Å². The molecule has 4 aromatic rings. The number of hydrogen-bond acceptors (Lipinski definition) is 8. The lowest BCUT2D eigenvalue weighted by molar-refractivity contribution is 0.0214. The highest BCUT2D eigenvalue weighted by Gasteiger charge is 2.35. The molecular weight excluding hydrogens is 386 g/mol. The van der Waals surface area contributed by atoms with E-state index < -0.39 is 0 Å². The second kappa shape index (κ2) is 6.26. The van der Waals surface area contributed by atoms with E-state index in [0.29, 0.717) is 30.2 Å². The molecule has 2 unspecified atom stereocenters. The highest BCUT2D eigenvalue weighted by Crippen LogP contribution is 2.26. The van der Waals surface area contributed by atoms with Crippen molar-refractivity contribution in [1.82, 2.24) is 33.8 Å². The summed E-state index contributed by atoms with van der Waals surface area (Å²) >= 11 is 0. The molecule has 0 saturated carbocycles. The first-order valence-corrected chi connectivity index (χ1v) is 9.99. The molecule has 4 aromatic heterocycles. The van der Waals surface area contributed by atoms with Crippen LogP contribution in [0.3, 0.4) is 0 Å². The summed E-state index contributed by atoms with van der Waals surface area (Å²) in [5.41, 5.74) is 3.69. The molecule has 11 heteroatoms. The van der Waals surface area contributed by atoms with Crippen molar-refractivity contribution in [2.24, 2.45) is 7.05 Å². The molecule has 30 heavy (non-hydrogen) atoms. The second-order valence-electron chi connectivity index (χ2n) is 7.94. The summed E-state index contributed by atoms with van der Waals surface area (Å²) in [5.74, 6) is 0.421. The van der Waals surface area contributed by atoms with E-state index in [2.05, 4.69) is 25.4 Å². The SMILES string of the molecule is Cc1cn2ncnc2cc1Nc1ncc2c(n1)n(N1CC3CCC(C1)O3)c(=O)n2C. The van der Waals surface area contributed by atoms with Gasteiger partial charge in [-0.2, -0.15) is 14.8 Å². The van der Waals surface area contributed by atoms with Crippen LogP contribution in [0.15, 0.2) is 29.6 Å². The zero-order valence-electron chi connectivity index (χ0n) is 16.7. The molecule has 2 atom stereocenters. The van der Waals surface area contributed by atoms with Crippen molar-refractivity contribution in [3.63, 3.8) is 0 Å². The maximum atomic E-state index is 13.0. The topological polar surface area (TPSA) is 107 Å². The Morgan fingerprint density at radius 3 is 2.80 bits per heavy atom. The third-order valence-electron chi connectivity index (χ3n) is 5.95. The second-order valence-corrected chi connectivity index (χ2v) is 7.94. The van der Waals surface area contributed by atoms with Crippen LogP contribution in [0.25, 0.3) is 16.8 Å². The summed E-state index contributed by atoms with van der Waals surface area (Å²) in [5, 5.41) is 9.47. The molecule has 2 aliphatic rings. The van der Waals surface area contributed by atoms with Crippen molar-refractivity contribution in [2.75, 3.05) is 23.4 Å². The Morgan fingerprint density at radius 1 is 1.20 bits per heavy atom. The average molecular weight is 407 g/mol. The molecule has 6 heterocycles. The number of anilines is 2. The zero-order chi connectivity index (χ0) is 20.4. The van der Waals surface area contributed by atoms with Crippen LogP contribution in [0.1, 0.15) is 18.4 Å². The Bertz CT molecular complexity index is 1330. The van der Waals surface area contributed by atoms with Gasteiger partial charge >= 0.3 is 5.69 Å². The van der Waals surface area contributed by atoms with Crippen LogP contribution in [0.2, 0.25) is 0 Å². The van der Waals surface area contributed by atoms with Crippen molar-refractivity contribution < 1.29 is 4.74 Å². The Kier molecular flexibility index (Phi) is 3.63. The van der Waals surface area contributed by atoms with Gasteiger partial charge in [0.2, 0.25) is 5.95 Å². The lowest BCUT2D eigenvalue weighted by Gasteiger charge is -2.33. The van der Waals surface area contributed by atoms with Gasteiger partial charge in [0.25, 0.3) is 0 Å². The molecule has 0 radical (unpaired) electrons. The summed E-state index contributed by atoms with van der Waals surface area (Å²) in [7, 11) is 1.75. The van der Waals surface area contributed by atoms with Crippen LogP contribution >= 0.6 is 0 Å². The smallest absolute Gasteiger partial charge is 0.349 e. The molecular formula is C19H21N9O2. The summed E-state index contributed by atoms with van der Waals surface area (Å²) in [6.45, 7) is 3.35. The van der Waals surface area contributed by atoms with E-state index in [-0.39, 0.29) is 17.9 Å². The number of rotatable bonds is 3. The fraction of sp³-hybridized carbons (Fsp3) is 0.421. The highest BCUT2D eigenvalue weighted by molar-refractivity contribution is 5.74. The number of pyridine rings is 1. The van der Waals surface area contributed by atoms with Gasteiger partial charge in [-0.05, 0) is 25.3 Å². The molecule has 11 nitrogen and oxygen atoms in total. The van der Waals surface area contributed by atoms with Gasteiger partial charge in [0.05, 0.1) is 31.5 Å². The van der Waals surface area contributed by atoms with Crippen LogP contribution < -0.4 is 16.0 Å². The monoisotopic (exact) mass is 407 g/mol. The quantitative estimate of drug-likeness (QED) is 0.530. The van der Waals surface area contributed by atoms with E-state index >= 15 is 0 Å². The summed E-state index contributed by atoms with van der Waals surface area (Å²) in [6.07, 6.45) is 7.50. The molecule has 0 aromatic carbocycles. The van der Waals surface area contributed by atoms with Crippen molar-refractivity contribution in [3.05, 3.63) is 40.8 Å². The summed E-state index contributed by atoms with van der Waals surface area (Å²) in [4.78, 5) is 26.4. The molecule has 2 aliphatic heterocycles. The molecule has 0 spiro atoms. The third kappa shape index (κ3) is 2.58. The van der Waals surface area contributed by atoms with Gasteiger partial charge in [0.1, 0.15) is 11.8 Å². The number of aromatic nitrogens is 7. The number of hydrogen-bond donors (Lipinski definition) is 1. The van der Waals surface area contributed by atoms with Crippen molar-refractivity contribution >= 4 is 28.4 Å². The molecule has 2 bridgehead atoms. The number of ether oxygens (including phenoxy) is 1. The maximum Gasteiger partial charge on any atom is 0.349 e. The predicted octanol–water partition coefficient (Wildman–Crippen LogP) is 0.724. The maximum absolute atomic E-state index is 13.0. The van der Waals surface area contributed by atoms with E-state index in [1.807, 2.05) is 19.2 Å². The minimum Gasteiger partial charge on any atom is -0.371 e. The van der Waals surface area contributed by atoms with Crippen molar-refractivity contribution in [3.8, 4) is 0 Å². The Labute approximate surface area is 170 Å². The standard InChI is InChI=1S/C19H21N9O2/c1-11-7-27-16(21-10-22-27)5-14(11)23-18-20-6-15-17(24-18)28(19(29)25(15)2)26-8-12-3-4-13(9-26)30-12/h5-7,10,12-13H,3-4,8-9H2,1-2H3,(H,20,23,24). The van der Waals surface area contributed by atoms with E-state index in [1.165, 1.54) is 6.33 Å². The first-order valence-electron chi connectivity index (χ1n) is 9.99. The van der Waals surface area contributed by atoms with Gasteiger partial charge in [0.15, 0.2) is 11.3 Å². The minimum atomic E-state index is -0.126. The predicted molar refractivity (Wildman–Crippen MR) is 110 cm³/mol. The molecule has 6 rings (SSSR count). The van der Waals surface area contributed by atoms with E-state index in [1.54, 1.807) is 27.0 Å². The molecule has 2 fully saturated rings. The van der Waals surface area contributed by atoms with Gasteiger partial charge in [-0.15, -0.1) is 0 Å². The Balaban J connectivity index is 1.42. The van der Waals surface area contributed by atoms with Gasteiger partial charge in [-0.3, -0.25) is 4.57 Å². The minimum absolute atomic E-state index is 0.126. The number of aryl methyl sites for hydroxylation is 2. The molecule has 1 N–H and O–H groups in total. The van der Waals surface area contributed by atoms with E-state index in [0.717, 1.165) is 29.7 Å². The van der Waals surface area contributed by atoms with Crippen molar-refractivity contribution in [1.29, 1.82) is 0 Å². The van der Waals surface area contributed by atoms with Crippen LogP contribution in [0, 0.1) is 6.92 Å². The normalized spacial score (nSPS) is 21.1. The van der Waals surface area contributed by atoms with Crippen LogP contribution in [-0.2, 0) is 11.8 Å². The molecule has 0 aliphatic carbocycles. The zero-order valence-corrected chi connectivity index (χ0v) is 16.7. The van der Waals surface area contributed by atoms with E-state index in [9.17, 15) is 4.79 Å². The van der Waals surface area contributed by atoms with Crippen LogP contribution in [-0.4, -0.2) is 59.1 Å². The van der Waals surface area contributed by atoms with Crippen LogP contribution in [0.5, 0.6) is 0 Å². The first kappa shape index (κ1) is 17.4. The van der Waals surface area contributed by atoms with Gasteiger partial charge in [-0.1, -0.05) is 0 Å². The number of fused-ring (bicyclic) bond motifs is 4. The number of nitrogens with one attached hydrogen (secondary N) is 1.